The second kappa shape index (κ2) is 6.32. The van der Waals surface area contributed by atoms with E-state index in [2.05, 4.69) is 11.1 Å². The van der Waals surface area contributed by atoms with Gasteiger partial charge in [0, 0.05) is 26.0 Å². The van der Waals surface area contributed by atoms with Gasteiger partial charge < -0.3 is 9.30 Å². The molecule has 114 valence electrons. The van der Waals surface area contributed by atoms with Crippen LogP contribution in [0.2, 0.25) is 0 Å². The van der Waals surface area contributed by atoms with Crippen LogP contribution in [0.3, 0.4) is 0 Å². The SMILES string of the molecule is CN(Cc1cccc(C#N)c1)C(=O)Cc1cn2ccccc2n1. The van der Waals surface area contributed by atoms with Gasteiger partial charge in [-0.15, -0.1) is 0 Å². The minimum absolute atomic E-state index is 0.00392. The summed E-state index contributed by atoms with van der Waals surface area (Å²) in [6.07, 6.45) is 4.04. The van der Waals surface area contributed by atoms with Crippen LogP contribution in [-0.4, -0.2) is 27.2 Å². The first-order valence-electron chi connectivity index (χ1n) is 7.31. The summed E-state index contributed by atoms with van der Waals surface area (Å²) in [5.74, 6) is -0.00392. The van der Waals surface area contributed by atoms with Crippen LogP contribution in [0.15, 0.2) is 54.9 Å². The largest absolute Gasteiger partial charge is 0.341 e. The van der Waals surface area contributed by atoms with Gasteiger partial charge in [-0.2, -0.15) is 5.26 Å². The van der Waals surface area contributed by atoms with E-state index in [0.717, 1.165) is 16.9 Å². The minimum Gasteiger partial charge on any atom is -0.341 e. The number of nitrogens with zero attached hydrogens (tertiary/aromatic N) is 4. The van der Waals surface area contributed by atoms with Crippen LogP contribution < -0.4 is 0 Å². The van der Waals surface area contributed by atoms with Crippen LogP contribution in [0.25, 0.3) is 5.65 Å². The molecule has 0 aliphatic heterocycles. The molecule has 5 heteroatoms. The number of likely N-dealkylation sites (N-methyl/N-ethyl adjacent to an activating group) is 1. The lowest BCUT2D eigenvalue weighted by Crippen LogP contribution is -2.27. The molecule has 0 saturated carbocycles. The monoisotopic (exact) mass is 304 g/mol. The van der Waals surface area contributed by atoms with E-state index in [1.165, 1.54) is 0 Å². The maximum Gasteiger partial charge on any atom is 0.228 e. The van der Waals surface area contributed by atoms with Crippen molar-refractivity contribution in [2.45, 2.75) is 13.0 Å². The van der Waals surface area contributed by atoms with E-state index >= 15 is 0 Å². The number of amides is 1. The topological polar surface area (TPSA) is 61.4 Å². The Labute approximate surface area is 134 Å². The second-order valence-corrected chi connectivity index (χ2v) is 5.44. The Kier molecular flexibility index (Phi) is 4.07. The van der Waals surface area contributed by atoms with E-state index in [1.54, 1.807) is 24.1 Å². The predicted molar refractivity (Wildman–Crippen MR) is 86.5 cm³/mol. The summed E-state index contributed by atoms with van der Waals surface area (Å²) in [4.78, 5) is 18.5. The molecule has 0 bridgehead atoms. The van der Waals surface area contributed by atoms with Crippen LogP contribution in [0.1, 0.15) is 16.8 Å². The maximum atomic E-state index is 12.4. The molecule has 2 aromatic heterocycles. The smallest absolute Gasteiger partial charge is 0.228 e. The van der Waals surface area contributed by atoms with Crippen molar-refractivity contribution < 1.29 is 4.79 Å². The molecule has 0 N–H and O–H groups in total. The zero-order valence-corrected chi connectivity index (χ0v) is 12.8. The first-order valence-corrected chi connectivity index (χ1v) is 7.31. The number of carbonyl (C=O) groups is 1. The molecule has 0 atom stereocenters. The van der Waals surface area contributed by atoms with Crippen LogP contribution in [-0.2, 0) is 17.8 Å². The summed E-state index contributed by atoms with van der Waals surface area (Å²) in [7, 11) is 1.76. The summed E-state index contributed by atoms with van der Waals surface area (Å²) in [5.41, 5.74) is 3.12. The molecule has 0 fully saturated rings. The van der Waals surface area contributed by atoms with Gasteiger partial charge in [-0.25, -0.2) is 4.98 Å². The van der Waals surface area contributed by atoms with Crippen molar-refractivity contribution in [3.63, 3.8) is 0 Å². The average Bonchev–Trinajstić information content (AvgIpc) is 2.97. The third-order valence-corrected chi connectivity index (χ3v) is 3.65. The standard InChI is InChI=1S/C18H16N4O/c1-21(12-15-6-4-5-14(9-15)11-19)18(23)10-16-13-22-8-3-2-7-17(22)20-16/h2-9,13H,10,12H2,1H3. The molecule has 0 saturated heterocycles. The van der Waals surface area contributed by atoms with Gasteiger partial charge >= 0.3 is 0 Å². The Hall–Kier alpha value is -3.13. The van der Waals surface area contributed by atoms with Crippen molar-refractivity contribution in [3.8, 4) is 6.07 Å². The Morgan fingerprint density at radius 1 is 1.30 bits per heavy atom. The van der Waals surface area contributed by atoms with E-state index in [1.807, 2.05) is 47.1 Å². The normalized spacial score (nSPS) is 10.4. The fraction of sp³-hybridized carbons (Fsp3) is 0.167. The number of imidazole rings is 1. The van der Waals surface area contributed by atoms with Crippen LogP contribution >= 0.6 is 0 Å². The highest BCUT2D eigenvalue weighted by atomic mass is 16.2. The molecule has 2 heterocycles. The maximum absolute atomic E-state index is 12.4. The number of hydrogen-bond acceptors (Lipinski definition) is 3. The fourth-order valence-electron chi connectivity index (χ4n) is 2.46. The third-order valence-electron chi connectivity index (χ3n) is 3.65. The molecule has 23 heavy (non-hydrogen) atoms. The summed E-state index contributed by atoms with van der Waals surface area (Å²) in [5, 5.41) is 8.93. The van der Waals surface area contributed by atoms with E-state index in [-0.39, 0.29) is 12.3 Å². The molecule has 5 nitrogen and oxygen atoms in total. The number of aromatic nitrogens is 2. The lowest BCUT2D eigenvalue weighted by molar-refractivity contribution is -0.129. The first kappa shape index (κ1) is 14.8. The fourth-order valence-corrected chi connectivity index (χ4v) is 2.46. The van der Waals surface area contributed by atoms with Gasteiger partial charge in [0.15, 0.2) is 0 Å². The predicted octanol–water partition coefficient (Wildman–Crippen LogP) is 2.41. The van der Waals surface area contributed by atoms with Gasteiger partial charge in [0.25, 0.3) is 0 Å². The van der Waals surface area contributed by atoms with Crippen molar-refractivity contribution >= 4 is 11.6 Å². The highest BCUT2D eigenvalue weighted by molar-refractivity contribution is 5.78. The molecule has 0 radical (unpaired) electrons. The lowest BCUT2D eigenvalue weighted by Gasteiger charge is -2.16. The Morgan fingerprint density at radius 2 is 2.17 bits per heavy atom. The van der Waals surface area contributed by atoms with Gasteiger partial charge in [0.05, 0.1) is 23.7 Å². The molecular formula is C18H16N4O. The van der Waals surface area contributed by atoms with Crippen LogP contribution in [0.5, 0.6) is 0 Å². The highest BCUT2D eigenvalue weighted by Gasteiger charge is 2.12. The van der Waals surface area contributed by atoms with Gasteiger partial charge in [0.1, 0.15) is 5.65 Å². The molecule has 3 aromatic rings. The summed E-state index contributed by atoms with van der Waals surface area (Å²) >= 11 is 0. The highest BCUT2D eigenvalue weighted by Crippen LogP contribution is 2.10. The molecule has 0 aliphatic rings. The minimum atomic E-state index is -0.00392. The van der Waals surface area contributed by atoms with Gasteiger partial charge in [0.2, 0.25) is 5.91 Å². The number of carbonyl (C=O) groups excluding carboxylic acids is 1. The lowest BCUT2D eigenvalue weighted by atomic mass is 10.1. The van der Waals surface area contributed by atoms with E-state index < -0.39 is 0 Å². The number of rotatable bonds is 4. The van der Waals surface area contributed by atoms with Crippen molar-refractivity contribution in [1.29, 1.82) is 5.26 Å². The number of benzene rings is 1. The summed E-state index contributed by atoms with van der Waals surface area (Å²) in [6, 6.07) is 15.2. The average molecular weight is 304 g/mol. The van der Waals surface area contributed by atoms with E-state index in [0.29, 0.717) is 12.1 Å². The van der Waals surface area contributed by atoms with Crippen molar-refractivity contribution in [1.82, 2.24) is 14.3 Å². The Morgan fingerprint density at radius 3 is 2.96 bits per heavy atom. The zero-order valence-electron chi connectivity index (χ0n) is 12.8. The number of pyridine rings is 1. The van der Waals surface area contributed by atoms with Crippen LogP contribution in [0, 0.1) is 11.3 Å². The third kappa shape index (κ3) is 3.38. The summed E-state index contributed by atoms with van der Waals surface area (Å²) < 4.78 is 1.90. The van der Waals surface area contributed by atoms with E-state index in [9.17, 15) is 4.79 Å². The van der Waals surface area contributed by atoms with Gasteiger partial charge in [-0.3, -0.25) is 4.79 Å². The number of fused-ring (bicyclic) bond motifs is 1. The Bertz CT molecular complexity index is 858. The number of hydrogen-bond donors (Lipinski definition) is 0. The van der Waals surface area contributed by atoms with Gasteiger partial charge in [-0.05, 0) is 29.8 Å². The van der Waals surface area contributed by atoms with Gasteiger partial charge in [-0.1, -0.05) is 18.2 Å². The molecular weight excluding hydrogens is 288 g/mol. The van der Waals surface area contributed by atoms with Crippen molar-refractivity contribution in [2.24, 2.45) is 0 Å². The zero-order chi connectivity index (χ0) is 16.2. The van der Waals surface area contributed by atoms with Crippen molar-refractivity contribution in [2.75, 3.05) is 7.05 Å². The molecule has 0 unspecified atom stereocenters. The molecule has 1 aromatic carbocycles. The number of nitriles is 1. The second-order valence-electron chi connectivity index (χ2n) is 5.44. The molecule has 0 aliphatic carbocycles. The molecule has 1 amide bonds. The van der Waals surface area contributed by atoms with E-state index in [4.69, 9.17) is 5.26 Å². The Balaban J connectivity index is 1.68. The molecule has 0 spiro atoms. The molecule has 3 rings (SSSR count). The first-order chi connectivity index (χ1) is 11.2. The van der Waals surface area contributed by atoms with Crippen LogP contribution in [0.4, 0.5) is 0 Å². The summed E-state index contributed by atoms with van der Waals surface area (Å²) in [6.45, 7) is 0.474. The van der Waals surface area contributed by atoms with Crippen molar-refractivity contribution in [3.05, 3.63) is 71.7 Å². The quantitative estimate of drug-likeness (QED) is 0.743.